The van der Waals surface area contributed by atoms with E-state index in [-0.39, 0.29) is 32.5 Å². The van der Waals surface area contributed by atoms with E-state index >= 15 is 0 Å². The summed E-state index contributed by atoms with van der Waals surface area (Å²) >= 11 is 0. The van der Waals surface area contributed by atoms with E-state index in [9.17, 15) is 29.4 Å². The summed E-state index contributed by atoms with van der Waals surface area (Å²) in [7, 11) is 0. The number of hydrogen-bond donors (Lipinski definition) is 2. The highest BCUT2D eigenvalue weighted by molar-refractivity contribution is 5.83. The number of carbonyl (C=O) groups is 4. The van der Waals surface area contributed by atoms with Gasteiger partial charge in [-0.15, -0.1) is 0 Å². The van der Waals surface area contributed by atoms with E-state index in [1.54, 1.807) is 38.1 Å². The van der Waals surface area contributed by atoms with Crippen LogP contribution in [0.4, 0.5) is 0 Å². The predicted molar refractivity (Wildman–Crippen MR) is 145 cm³/mol. The Balaban J connectivity index is 2.31. The third kappa shape index (κ3) is 8.67. The third-order valence-corrected chi connectivity index (χ3v) is 7.01. The quantitative estimate of drug-likeness (QED) is 0.285. The smallest absolute Gasteiger partial charge is 0.312 e. The lowest BCUT2D eigenvalue weighted by Gasteiger charge is -2.41. The molecule has 2 aromatic rings. The fourth-order valence-electron chi connectivity index (χ4n) is 5.20. The van der Waals surface area contributed by atoms with E-state index in [0.717, 1.165) is 11.1 Å². The first-order valence-electron chi connectivity index (χ1n) is 12.9. The highest BCUT2D eigenvalue weighted by Gasteiger charge is 2.52. The van der Waals surface area contributed by atoms with Crippen molar-refractivity contribution in [3.8, 4) is 0 Å². The van der Waals surface area contributed by atoms with Crippen molar-refractivity contribution < 1.29 is 38.9 Å². The molecule has 2 atom stereocenters. The lowest BCUT2D eigenvalue weighted by atomic mass is 9.62. The summed E-state index contributed by atoms with van der Waals surface area (Å²) < 4.78 is 11.1. The van der Waals surface area contributed by atoms with E-state index in [1.165, 1.54) is 27.7 Å². The average molecular weight is 541 g/mol. The van der Waals surface area contributed by atoms with Crippen molar-refractivity contribution >= 4 is 23.9 Å². The summed E-state index contributed by atoms with van der Waals surface area (Å²) in [5.74, 6) is -3.59. The number of esters is 2. The number of carbonyl (C=O) groups excluding carboxylic acids is 2. The molecule has 212 valence electrons. The zero-order valence-corrected chi connectivity index (χ0v) is 23.7. The lowest BCUT2D eigenvalue weighted by molar-refractivity contribution is -0.169. The highest BCUT2D eigenvalue weighted by Crippen LogP contribution is 2.48. The summed E-state index contributed by atoms with van der Waals surface area (Å²) in [4.78, 5) is 51.2. The fraction of sp³-hybridized carbons (Fsp3) is 0.484. The van der Waals surface area contributed by atoms with Gasteiger partial charge in [0.15, 0.2) is 0 Å². The molecule has 8 heteroatoms. The van der Waals surface area contributed by atoms with Crippen LogP contribution in [0.3, 0.4) is 0 Å². The van der Waals surface area contributed by atoms with Crippen LogP contribution in [0.25, 0.3) is 0 Å². The molecule has 39 heavy (non-hydrogen) atoms. The van der Waals surface area contributed by atoms with E-state index in [4.69, 9.17) is 9.47 Å². The van der Waals surface area contributed by atoms with E-state index in [1.807, 2.05) is 36.4 Å². The Bertz CT molecular complexity index is 1160. The highest BCUT2D eigenvalue weighted by atomic mass is 16.5. The molecule has 2 aromatic carbocycles. The molecular formula is C31H40O8. The Morgan fingerprint density at radius 1 is 0.564 bits per heavy atom. The Morgan fingerprint density at radius 3 is 1.38 bits per heavy atom. The molecule has 0 aliphatic carbocycles. The van der Waals surface area contributed by atoms with Crippen LogP contribution in [-0.4, -0.2) is 34.1 Å². The Hall–Kier alpha value is -3.68. The van der Waals surface area contributed by atoms with E-state index in [0.29, 0.717) is 0 Å². The number of carboxylic acids is 2. The molecule has 0 aromatic heterocycles. The summed E-state index contributed by atoms with van der Waals surface area (Å²) in [6.07, 6.45) is -0.544. The normalized spacial score (nSPS) is 14.9. The molecule has 0 bridgehead atoms. The van der Waals surface area contributed by atoms with Crippen LogP contribution in [0.2, 0.25) is 0 Å². The number of benzene rings is 2. The molecule has 0 fully saturated rings. The summed E-state index contributed by atoms with van der Waals surface area (Å²) in [6.45, 7) is 9.20. The van der Waals surface area contributed by atoms with Gasteiger partial charge in [-0.1, -0.05) is 60.7 Å². The summed E-state index contributed by atoms with van der Waals surface area (Å²) in [5.41, 5.74) is -4.07. The molecule has 8 nitrogen and oxygen atoms in total. The van der Waals surface area contributed by atoms with Crippen LogP contribution in [0.5, 0.6) is 0 Å². The third-order valence-electron chi connectivity index (χ3n) is 7.01. The number of aliphatic carboxylic acids is 2. The van der Waals surface area contributed by atoms with Gasteiger partial charge in [0.05, 0.1) is 21.7 Å². The maximum atomic E-state index is 13.5. The van der Waals surface area contributed by atoms with E-state index in [2.05, 4.69) is 0 Å². The van der Waals surface area contributed by atoms with Crippen LogP contribution in [0, 0.1) is 21.7 Å². The molecule has 0 saturated carbocycles. The van der Waals surface area contributed by atoms with Gasteiger partial charge in [0.1, 0.15) is 13.2 Å². The maximum absolute atomic E-state index is 13.5. The standard InChI is InChI=1S/C31H40O8/c1-28(2,24(32)33)19-31(6,27(37)39-18-23-15-11-8-12-16-23)21-30(5,25(34)35)20-29(3,4)26(36)38-17-22-13-9-7-10-14-22/h7-16H,17-21H2,1-6H3,(H,32,33)(H,34,35). The molecule has 2 rings (SSSR count). The summed E-state index contributed by atoms with van der Waals surface area (Å²) in [6, 6.07) is 18.1. The molecule has 0 aliphatic heterocycles. The molecule has 0 amide bonds. The zero-order valence-electron chi connectivity index (χ0n) is 23.7. The molecule has 0 spiro atoms. The largest absolute Gasteiger partial charge is 0.481 e. The van der Waals surface area contributed by atoms with Crippen molar-refractivity contribution in [2.45, 2.75) is 74.0 Å². The van der Waals surface area contributed by atoms with Gasteiger partial charge in [-0.3, -0.25) is 19.2 Å². The lowest BCUT2D eigenvalue weighted by Crippen LogP contribution is -2.46. The zero-order chi connectivity index (χ0) is 29.5. The molecule has 0 aliphatic rings. The second-order valence-corrected chi connectivity index (χ2v) is 12.2. The summed E-state index contributed by atoms with van der Waals surface area (Å²) in [5, 5.41) is 20.1. The van der Waals surface area contributed by atoms with Crippen LogP contribution in [0.1, 0.15) is 71.9 Å². The predicted octanol–water partition coefficient (Wildman–Crippen LogP) is 5.88. The van der Waals surface area contributed by atoms with Crippen LogP contribution in [-0.2, 0) is 41.9 Å². The minimum Gasteiger partial charge on any atom is -0.481 e. The van der Waals surface area contributed by atoms with Gasteiger partial charge in [-0.25, -0.2) is 0 Å². The first-order chi connectivity index (χ1) is 18.0. The number of hydrogen-bond acceptors (Lipinski definition) is 6. The SMILES string of the molecule is CC(C)(CC(C)(CC(C)(CC(C)(C)C(=O)OCc1ccccc1)C(=O)O)C(=O)OCc1ccccc1)C(=O)O. The molecule has 0 radical (unpaired) electrons. The second-order valence-electron chi connectivity index (χ2n) is 12.2. The van der Waals surface area contributed by atoms with Gasteiger partial charge >= 0.3 is 23.9 Å². The molecular weight excluding hydrogens is 500 g/mol. The molecule has 0 saturated heterocycles. The first-order valence-corrected chi connectivity index (χ1v) is 12.9. The minimum atomic E-state index is -1.58. The van der Waals surface area contributed by atoms with Crippen molar-refractivity contribution in [2.75, 3.05) is 0 Å². The van der Waals surface area contributed by atoms with Crippen LogP contribution >= 0.6 is 0 Å². The van der Waals surface area contributed by atoms with Crippen molar-refractivity contribution in [1.82, 2.24) is 0 Å². The van der Waals surface area contributed by atoms with Crippen molar-refractivity contribution in [3.05, 3.63) is 71.8 Å². The fourth-order valence-corrected chi connectivity index (χ4v) is 5.20. The average Bonchev–Trinajstić information content (AvgIpc) is 2.86. The van der Waals surface area contributed by atoms with E-state index < -0.39 is 45.5 Å². The second kappa shape index (κ2) is 12.5. The Kier molecular flexibility index (Phi) is 10.1. The number of carboxylic acid groups (broad SMARTS) is 2. The monoisotopic (exact) mass is 540 g/mol. The van der Waals surface area contributed by atoms with Gasteiger partial charge in [-0.2, -0.15) is 0 Å². The number of ether oxygens (including phenoxy) is 2. The Labute approximate surface area is 230 Å². The van der Waals surface area contributed by atoms with Gasteiger partial charge < -0.3 is 19.7 Å². The first kappa shape index (κ1) is 31.5. The maximum Gasteiger partial charge on any atom is 0.312 e. The van der Waals surface area contributed by atoms with Crippen molar-refractivity contribution in [1.29, 1.82) is 0 Å². The van der Waals surface area contributed by atoms with Crippen molar-refractivity contribution in [3.63, 3.8) is 0 Å². The van der Waals surface area contributed by atoms with Crippen molar-refractivity contribution in [2.24, 2.45) is 21.7 Å². The molecule has 0 heterocycles. The Morgan fingerprint density at radius 2 is 0.974 bits per heavy atom. The van der Waals surface area contributed by atoms with Gasteiger partial charge in [0, 0.05) is 0 Å². The van der Waals surface area contributed by atoms with Gasteiger partial charge in [0.2, 0.25) is 0 Å². The van der Waals surface area contributed by atoms with Gasteiger partial charge in [-0.05, 0) is 71.9 Å². The van der Waals surface area contributed by atoms with Gasteiger partial charge in [0.25, 0.3) is 0 Å². The minimum absolute atomic E-state index is 0.0378. The van der Waals surface area contributed by atoms with Crippen LogP contribution < -0.4 is 0 Å². The topological polar surface area (TPSA) is 127 Å². The molecule has 2 unspecified atom stereocenters. The molecule has 2 N–H and O–H groups in total. The van der Waals surface area contributed by atoms with Crippen LogP contribution in [0.15, 0.2) is 60.7 Å². The number of rotatable bonds is 14.